The van der Waals surface area contributed by atoms with E-state index in [9.17, 15) is 24.6 Å². The van der Waals surface area contributed by atoms with Crippen molar-refractivity contribution in [3.8, 4) is 0 Å². The number of Topliss-reactive ketones (excluding diaryl/α,β-unsaturated/α-hetero) is 1. The maximum absolute atomic E-state index is 14.3. The summed E-state index contributed by atoms with van der Waals surface area (Å²) in [5, 5.41) is 22.3. The van der Waals surface area contributed by atoms with Gasteiger partial charge in [-0.15, -0.1) is 0 Å². The Balaban J connectivity index is 1.29. The number of aliphatic hydroxyl groups is 1. The van der Waals surface area contributed by atoms with Gasteiger partial charge >= 0.3 is 11.9 Å². The number of ketones is 1. The summed E-state index contributed by atoms with van der Waals surface area (Å²) in [4.78, 5) is 48.0. The average Bonchev–Trinajstić information content (AvgIpc) is 3.42. The molecular formula is C47H73N3O6. The molecule has 0 aliphatic heterocycles. The van der Waals surface area contributed by atoms with E-state index in [1.807, 2.05) is 12.4 Å². The molecule has 1 aromatic heterocycles. The molecule has 56 heavy (non-hydrogen) atoms. The number of hydrogen-bond acceptors (Lipinski definition) is 8. The summed E-state index contributed by atoms with van der Waals surface area (Å²) in [6.07, 6.45) is 10.9. The fraction of sp³-hybridized carbons (Fsp3) is 0.787. The van der Waals surface area contributed by atoms with Crippen molar-refractivity contribution in [1.82, 2.24) is 14.8 Å². The second-order valence-electron chi connectivity index (χ2n) is 21.5. The van der Waals surface area contributed by atoms with Gasteiger partial charge in [-0.25, -0.2) is 0 Å². The fourth-order valence-corrected chi connectivity index (χ4v) is 13.7. The lowest BCUT2D eigenvalue weighted by atomic mass is 9.33. The van der Waals surface area contributed by atoms with Crippen LogP contribution in [-0.4, -0.2) is 88.7 Å². The maximum atomic E-state index is 14.3. The summed E-state index contributed by atoms with van der Waals surface area (Å²) in [6, 6.07) is 4.11. The van der Waals surface area contributed by atoms with Gasteiger partial charge in [-0.2, -0.15) is 0 Å². The number of carbonyl (C=O) groups excluding carboxylic acids is 2. The number of aliphatic carboxylic acids is 1. The van der Waals surface area contributed by atoms with Crippen molar-refractivity contribution in [1.29, 1.82) is 0 Å². The zero-order chi connectivity index (χ0) is 41.2. The van der Waals surface area contributed by atoms with Crippen molar-refractivity contribution >= 4 is 17.7 Å². The van der Waals surface area contributed by atoms with Crippen LogP contribution in [-0.2, 0) is 25.7 Å². The molecule has 0 aromatic carbocycles. The monoisotopic (exact) mass is 776 g/mol. The van der Waals surface area contributed by atoms with Crippen LogP contribution in [0.15, 0.2) is 35.7 Å². The normalized spacial score (nSPS) is 35.9. The van der Waals surface area contributed by atoms with Gasteiger partial charge in [0.15, 0.2) is 5.78 Å². The summed E-state index contributed by atoms with van der Waals surface area (Å²) in [5.41, 5.74) is 1.61. The molecule has 4 fully saturated rings. The molecule has 6 rings (SSSR count). The lowest BCUT2D eigenvalue weighted by molar-refractivity contribution is -0.235. The third-order valence-corrected chi connectivity index (χ3v) is 17.0. The summed E-state index contributed by atoms with van der Waals surface area (Å²) in [6.45, 7) is 22.7. The van der Waals surface area contributed by atoms with E-state index in [2.05, 4.69) is 89.5 Å². The lowest BCUT2D eigenvalue weighted by Crippen LogP contribution is -2.66. The number of carbonyl (C=O) groups is 3. The van der Waals surface area contributed by atoms with Crippen LogP contribution in [0.1, 0.15) is 132 Å². The Bertz CT molecular complexity index is 1690. The SMILES string of the molecule is CC(C)C1=C2[C@H]3CC[C@@H]4[C@@]5(C)CC[C@H](OC(=O)CC(C)(C)C(=O)O)C(C)(C)[C@@H]5CC[C@@]4(C)[C@]3(C)CCC2([C@@H](O)CN(CCN(C)C)Cc2ccncc2)CC1=O. The van der Waals surface area contributed by atoms with E-state index >= 15 is 0 Å². The zero-order valence-electron chi connectivity index (χ0n) is 36.5. The number of hydrogen-bond donors (Lipinski definition) is 2. The van der Waals surface area contributed by atoms with Gasteiger partial charge in [-0.1, -0.05) is 54.0 Å². The van der Waals surface area contributed by atoms with Gasteiger partial charge in [-0.05, 0) is 142 Å². The second-order valence-corrected chi connectivity index (χ2v) is 21.5. The minimum absolute atomic E-state index is 0.0231. The Morgan fingerprint density at radius 3 is 2.23 bits per heavy atom. The molecule has 5 aliphatic carbocycles. The van der Waals surface area contributed by atoms with Gasteiger partial charge in [0.2, 0.25) is 0 Å². The molecular weight excluding hydrogens is 703 g/mol. The van der Waals surface area contributed by atoms with Crippen molar-refractivity contribution < 1.29 is 29.3 Å². The van der Waals surface area contributed by atoms with Gasteiger partial charge in [0, 0.05) is 55.8 Å². The van der Waals surface area contributed by atoms with E-state index in [-0.39, 0.29) is 51.8 Å². The standard InChI is InChI=1S/C47H73N3O6/c1-30(2)39-33(51)26-47(36(52)29-50(25-24-49(10)11)28-31-16-22-48-23-17-31)21-20-45(8)32(40(39)47)12-13-35-44(7)18-15-37(56-38(53)27-42(3,4)41(54)55)43(5,6)34(44)14-19-46(35,45)9/h16-17,22-23,30,32,34-37,52H,12-15,18-21,24-29H2,1-11H3,(H,54,55)/t32-,34+,35-,36+,37+,44+,45-,46-,47?/m1/s1. The number of esters is 1. The molecule has 2 N–H and O–H groups in total. The number of carboxylic acids is 1. The summed E-state index contributed by atoms with van der Waals surface area (Å²) >= 11 is 0. The molecule has 0 bridgehead atoms. The Kier molecular flexibility index (Phi) is 11.7. The van der Waals surface area contributed by atoms with E-state index in [4.69, 9.17) is 4.74 Å². The molecule has 1 aromatic rings. The van der Waals surface area contributed by atoms with Gasteiger partial charge in [-0.3, -0.25) is 24.3 Å². The molecule has 4 saturated carbocycles. The molecule has 0 spiro atoms. The fourth-order valence-electron chi connectivity index (χ4n) is 13.7. The van der Waals surface area contributed by atoms with E-state index in [0.717, 1.165) is 76.6 Å². The number of carboxylic acid groups (broad SMARTS) is 1. The van der Waals surface area contributed by atoms with E-state index < -0.39 is 28.9 Å². The Morgan fingerprint density at radius 1 is 0.929 bits per heavy atom. The highest BCUT2D eigenvalue weighted by Gasteiger charge is 2.71. The van der Waals surface area contributed by atoms with Gasteiger partial charge < -0.3 is 19.8 Å². The summed E-state index contributed by atoms with van der Waals surface area (Å²) in [7, 11) is 4.18. The van der Waals surface area contributed by atoms with Crippen LogP contribution in [0.2, 0.25) is 0 Å². The Labute approximate surface area is 337 Å². The van der Waals surface area contributed by atoms with Crippen LogP contribution in [0, 0.1) is 56.2 Å². The summed E-state index contributed by atoms with van der Waals surface area (Å²) in [5.74, 6) is 0.0379. The minimum Gasteiger partial charge on any atom is -0.481 e. The number of aliphatic hydroxyl groups excluding tert-OH is 1. The molecule has 5 aliphatic rings. The molecule has 312 valence electrons. The predicted molar refractivity (Wildman–Crippen MR) is 219 cm³/mol. The largest absolute Gasteiger partial charge is 0.481 e. The second kappa shape index (κ2) is 15.2. The van der Waals surface area contributed by atoms with Gasteiger partial charge in [0.1, 0.15) is 6.10 Å². The molecule has 0 saturated heterocycles. The molecule has 1 unspecified atom stereocenters. The molecule has 9 nitrogen and oxygen atoms in total. The van der Waals surface area contributed by atoms with Crippen molar-refractivity contribution in [2.45, 2.75) is 145 Å². The van der Waals surface area contributed by atoms with E-state index in [0.29, 0.717) is 24.8 Å². The number of fused-ring (bicyclic) bond motifs is 7. The third-order valence-electron chi connectivity index (χ3n) is 17.0. The highest BCUT2D eigenvalue weighted by molar-refractivity contribution is 6.00. The molecule has 0 radical (unpaired) electrons. The highest BCUT2D eigenvalue weighted by atomic mass is 16.5. The quantitative estimate of drug-likeness (QED) is 0.191. The first-order valence-corrected chi connectivity index (χ1v) is 21.7. The third kappa shape index (κ3) is 7.12. The predicted octanol–water partition coefficient (Wildman–Crippen LogP) is 8.20. The number of aromatic nitrogens is 1. The van der Waals surface area contributed by atoms with Crippen LogP contribution in [0.25, 0.3) is 0 Å². The van der Waals surface area contributed by atoms with Crippen LogP contribution in [0.4, 0.5) is 0 Å². The topological polar surface area (TPSA) is 120 Å². The lowest BCUT2D eigenvalue weighted by Gasteiger charge is -2.72. The molecule has 9 atom stereocenters. The smallest absolute Gasteiger partial charge is 0.309 e. The van der Waals surface area contributed by atoms with Gasteiger partial charge in [0.05, 0.1) is 17.9 Å². The average molecular weight is 776 g/mol. The van der Waals surface area contributed by atoms with Crippen LogP contribution in [0.3, 0.4) is 0 Å². The number of ether oxygens (including phenoxy) is 1. The zero-order valence-corrected chi connectivity index (χ0v) is 36.5. The van der Waals surface area contributed by atoms with Crippen molar-refractivity contribution in [2.24, 2.45) is 56.2 Å². The van der Waals surface area contributed by atoms with Crippen LogP contribution in [0.5, 0.6) is 0 Å². The molecule has 9 heteroatoms. The van der Waals surface area contributed by atoms with E-state index in [1.54, 1.807) is 13.8 Å². The summed E-state index contributed by atoms with van der Waals surface area (Å²) < 4.78 is 6.19. The molecule has 0 amide bonds. The maximum Gasteiger partial charge on any atom is 0.309 e. The van der Waals surface area contributed by atoms with Crippen molar-refractivity contribution in [3.63, 3.8) is 0 Å². The Hall–Kier alpha value is -2.62. The van der Waals surface area contributed by atoms with Gasteiger partial charge in [0.25, 0.3) is 0 Å². The molecule has 1 heterocycles. The number of nitrogens with zero attached hydrogens (tertiary/aromatic N) is 3. The van der Waals surface area contributed by atoms with Crippen LogP contribution < -0.4 is 0 Å². The number of allylic oxidation sites excluding steroid dienone is 1. The highest BCUT2D eigenvalue weighted by Crippen LogP contribution is 2.77. The van der Waals surface area contributed by atoms with E-state index in [1.165, 1.54) is 11.1 Å². The Morgan fingerprint density at radius 2 is 1.61 bits per heavy atom. The first-order chi connectivity index (χ1) is 26.0. The first kappa shape index (κ1) is 43.0. The number of likely N-dealkylation sites (N-methyl/N-ethyl adjacent to an activating group) is 1. The minimum atomic E-state index is -1.17. The number of pyridine rings is 1. The number of rotatable bonds is 13. The van der Waals surface area contributed by atoms with Crippen molar-refractivity contribution in [2.75, 3.05) is 33.7 Å². The first-order valence-electron chi connectivity index (χ1n) is 21.7. The van der Waals surface area contributed by atoms with Crippen molar-refractivity contribution in [3.05, 3.63) is 41.2 Å². The van der Waals surface area contributed by atoms with Crippen LogP contribution >= 0.6 is 0 Å².